The Hall–Kier alpha value is -8.78. The van der Waals surface area contributed by atoms with Crippen molar-refractivity contribution in [3.63, 3.8) is 0 Å². The number of para-hydroxylation sites is 2. The summed E-state index contributed by atoms with van der Waals surface area (Å²) in [4.78, 5) is 4.49. The first-order chi connectivity index (χ1) is 35.8. The Morgan fingerprint density at radius 1 is 0.485 bits per heavy atom. The van der Waals surface area contributed by atoms with Gasteiger partial charge in [0, 0.05) is 63.6 Å². The molecule has 0 amide bonds. The molecular weight excluding hydrogens is 865 g/mol. The molecular formula is C62H34N4S2. The summed E-state index contributed by atoms with van der Waals surface area (Å²) < 4.78 is 54.1. The monoisotopic (exact) mass is 903 g/mol. The Morgan fingerprint density at radius 3 is 1.63 bits per heavy atom. The van der Waals surface area contributed by atoms with Crippen LogP contribution in [-0.4, -0.2) is 9.13 Å². The number of hydrogen-bond acceptors (Lipinski definition) is 3. The number of fused-ring (bicyclic) bond motifs is 14. The number of nitriles is 1. The molecule has 0 radical (unpaired) electrons. The molecule has 0 fully saturated rings. The van der Waals surface area contributed by atoms with E-state index in [4.69, 9.17) is 4.11 Å². The van der Waals surface area contributed by atoms with Crippen LogP contribution in [0.25, 0.3) is 134 Å². The van der Waals surface area contributed by atoms with E-state index < -0.39 is 18.1 Å². The summed E-state index contributed by atoms with van der Waals surface area (Å²) in [5.74, 6) is 0. The van der Waals surface area contributed by atoms with Crippen LogP contribution in [-0.2, 0) is 0 Å². The van der Waals surface area contributed by atoms with Crippen molar-refractivity contribution in [2.75, 3.05) is 0 Å². The minimum atomic E-state index is -0.469. The van der Waals surface area contributed by atoms with Gasteiger partial charge in [-0.05, 0) is 52.6 Å². The molecule has 14 aromatic rings. The molecule has 0 aliphatic rings. The number of hydrogen-bond donors (Lipinski definition) is 0. The van der Waals surface area contributed by atoms with Crippen molar-refractivity contribution < 1.29 is 6.85 Å². The molecule has 68 heavy (non-hydrogen) atoms. The number of rotatable bonds is 5. The largest absolute Gasteiger partial charge is 0.318 e. The van der Waals surface area contributed by atoms with E-state index in [1.807, 2.05) is 115 Å². The number of benzene rings is 10. The highest BCUT2D eigenvalue weighted by Gasteiger charge is 2.33. The Bertz CT molecular complexity index is 4740. The van der Waals surface area contributed by atoms with Gasteiger partial charge in [0.15, 0.2) is 0 Å². The highest BCUT2D eigenvalue weighted by atomic mass is 32.1. The maximum Gasteiger partial charge on any atom is 0.220 e. The summed E-state index contributed by atoms with van der Waals surface area (Å²) in [6.07, 6.45) is 0. The van der Waals surface area contributed by atoms with E-state index in [-0.39, 0.29) is 17.6 Å². The zero-order chi connectivity index (χ0) is 49.4. The normalized spacial score (nSPS) is 12.8. The molecule has 0 unspecified atom stereocenters. The van der Waals surface area contributed by atoms with Crippen molar-refractivity contribution in [3.05, 3.63) is 223 Å². The van der Waals surface area contributed by atoms with Crippen molar-refractivity contribution in [3.8, 4) is 50.8 Å². The SMILES string of the molecule is [2H]c1c([2H])c([2H])c(-c2cc3c4ccccc4sc3c3c2c2ccc4c5ccccc5sc4c2n3-c2c(C#N)c(-c3ccccc3)c([N+]#[C-])c(-n3c4ccccc4c4ccccc43)c2-c2ccccc2)c([2H])c1[2H]. The molecule has 4 aromatic heterocycles. The van der Waals surface area contributed by atoms with Crippen molar-refractivity contribution in [1.82, 2.24) is 9.13 Å². The van der Waals surface area contributed by atoms with Gasteiger partial charge in [-0.25, -0.2) is 4.85 Å². The molecule has 0 bridgehead atoms. The molecule has 4 nitrogen and oxygen atoms in total. The Labute approximate surface area is 405 Å². The topological polar surface area (TPSA) is 38.0 Å². The molecule has 14 rings (SSSR count). The van der Waals surface area contributed by atoms with E-state index in [0.29, 0.717) is 50.3 Å². The first kappa shape index (κ1) is 33.7. The van der Waals surface area contributed by atoms with Crippen LogP contribution in [0.3, 0.4) is 0 Å². The van der Waals surface area contributed by atoms with Gasteiger partial charge >= 0.3 is 0 Å². The fraction of sp³-hybridized carbons (Fsp3) is 0. The lowest BCUT2D eigenvalue weighted by Gasteiger charge is -2.26. The maximum absolute atomic E-state index is 12.2. The van der Waals surface area contributed by atoms with Crippen LogP contribution >= 0.6 is 22.7 Å². The summed E-state index contributed by atoms with van der Waals surface area (Å²) in [6, 6.07) is 59.8. The van der Waals surface area contributed by atoms with E-state index in [1.165, 1.54) is 0 Å². The van der Waals surface area contributed by atoms with Gasteiger partial charge in [0.2, 0.25) is 5.69 Å². The number of aromatic nitrogens is 2. The van der Waals surface area contributed by atoms with E-state index >= 15 is 0 Å². The lowest BCUT2D eigenvalue weighted by atomic mass is 9.88. The summed E-state index contributed by atoms with van der Waals surface area (Å²) in [6.45, 7) is 9.30. The van der Waals surface area contributed by atoms with Crippen LogP contribution in [0.4, 0.5) is 5.69 Å². The highest BCUT2D eigenvalue weighted by Crippen LogP contribution is 2.55. The number of thiophene rings is 2. The molecule has 10 aromatic carbocycles. The zero-order valence-electron chi connectivity index (χ0n) is 40.8. The van der Waals surface area contributed by atoms with Gasteiger partial charge < -0.3 is 9.13 Å². The van der Waals surface area contributed by atoms with Gasteiger partial charge in [-0.1, -0.05) is 176 Å². The molecule has 0 aliphatic carbocycles. The second-order valence-electron chi connectivity index (χ2n) is 16.9. The molecule has 0 N–H and O–H groups in total. The quantitative estimate of drug-likeness (QED) is 0.159. The molecule has 4 heterocycles. The van der Waals surface area contributed by atoms with Gasteiger partial charge in [0.1, 0.15) is 6.07 Å². The summed E-state index contributed by atoms with van der Waals surface area (Å²) >= 11 is 3.28. The van der Waals surface area contributed by atoms with Gasteiger partial charge in [-0.15, -0.1) is 22.7 Å². The number of nitrogens with zero attached hydrogens (tertiary/aromatic N) is 4. The van der Waals surface area contributed by atoms with Crippen LogP contribution < -0.4 is 0 Å². The molecule has 0 spiro atoms. The van der Waals surface area contributed by atoms with Crippen LogP contribution in [0.2, 0.25) is 0 Å². The van der Waals surface area contributed by atoms with Gasteiger partial charge in [0.05, 0.1) is 61.8 Å². The standard InChI is InChI=1S/C62H34N4S2/c1-64-56-53(38-21-7-3-8-22-38)48(36-63)57(54(39-23-9-4-10-24-39)59(56)65-49-29-15-11-25-40(49)41-26-12-16-30-50(41)65)66-58-45(34-33-44-42-27-13-17-31-51(42)67-61(44)58)55-46(37-19-5-2-6-20-37)35-47-43-28-14-18-32-52(43)68-62(47)60(55)66/h2-35H/i2D,5D,6D,19D,20D. The fourth-order valence-corrected chi connectivity index (χ4v) is 13.2. The molecule has 314 valence electrons. The average molecular weight is 904 g/mol. The minimum Gasteiger partial charge on any atom is -0.318 e. The third kappa shape index (κ3) is 5.33. The second kappa shape index (κ2) is 14.9. The van der Waals surface area contributed by atoms with E-state index in [0.717, 1.165) is 84.1 Å². The van der Waals surface area contributed by atoms with Crippen molar-refractivity contribution in [2.24, 2.45) is 0 Å². The van der Waals surface area contributed by atoms with Crippen LogP contribution in [0.1, 0.15) is 12.4 Å². The highest BCUT2D eigenvalue weighted by molar-refractivity contribution is 7.27. The van der Waals surface area contributed by atoms with Crippen molar-refractivity contribution in [1.29, 1.82) is 5.26 Å². The summed E-state index contributed by atoms with van der Waals surface area (Å²) in [7, 11) is 0. The lowest BCUT2D eigenvalue weighted by molar-refractivity contribution is 1.14. The van der Waals surface area contributed by atoms with Crippen LogP contribution in [0, 0.1) is 17.9 Å². The van der Waals surface area contributed by atoms with Crippen LogP contribution in [0.5, 0.6) is 0 Å². The predicted octanol–water partition coefficient (Wildman–Crippen LogP) is 18.0. The third-order valence-electron chi connectivity index (χ3n) is 13.4. The van der Waals surface area contributed by atoms with Gasteiger partial charge in [0.25, 0.3) is 0 Å². The second-order valence-corrected chi connectivity index (χ2v) is 19.0. The van der Waals surface area contributed by atoms with Gasteiger partial charge in [-0.3, -0.25) is 0 Å². The smallest absolute Gasteiger partial charge is 0.220 e. The zero-order valence-corrected chi connectivity index (χ0v) is 37.5. The van der Waals surface area contributed by atoms with Crippen LogP contribution in [0.15, 0.2) is 206 Å². The molecule has 0 aliphatic heterocycles. The first-order valence-electron chi connectivity index (χ1n) is 24.7. The molecule has 0 saturated carbocycles. The average Bonchev–Trinajstić information content (AvgIpc) is 4.20. The molecule has 0 atom stereocenters. The Kier molecular flexibility index (Phi) is 7.36. The fourth-order valence-electron chi connectivity index (χ4n) is 10.7. The van der Waals surface area contributed by atoms with E-state index in [1.54, 1.807) is 22.7 Å². The van der Waals surface area contributed by atoms with Gasteiger partial charge in [-0.2, -0.15) is 5.26 Å². The van der Waals surface area contributed by atoms with E-state index in [9.17, 15) is 14.6 Å². The van der Waals surface area contributed by atoms with Crippen molar-refractivity contribution in [2.45, 2.75) is 0 Å². The maximum atomic E-state index is 12.2. The Balaban J connectivity index is 1.34. The predicted molar refractivity (Wildman–Crippen MR) is 288 cm³/mol. The first-order valence-corrected chi connectivity index (χ1v) is 23.8. The third-order valence-corrected chi connectivity index (χ3v) is 15.8. The minimum absolute atomic E-state index is 0.0896. The van der Waals surface area contributed by atoms with E-state index in [2.05, 4.69) is 80.7 Å². The lowest BCUT2D eigenvalue weighted by Crippen LogP contribution is -2.09. The van der Waals surface area contributed by atoms with Crippen molar-refractivity contribution >= 4 is 112 Å². The molecule has 0 saturated heterocycles. The molecule has 6 heteroatoms. The summed E-state index contributed by atoms with van der Waals surface area (Å²) in [5, 5.41) is 19.6. The summed E-state index contributed by atoms with van der Waals surface area (Å²) in [5.41, 5.74) is 8.27. The Morgan fingerprint density at radius 2 is 1.01 bits per heavy atom.